The zero-order valence-corrected chi connectivity index (χ0v) is 19.9. The summed E-state index contributed by atoms with van der Waals surface area (Å²) < 4.78 is 32.4. The van der Waals surface area contributed by atoms with Gasteiger partial charge in [-0.15, -0.1) is 0 Å². The fourth-order valence-electron chi connectivity index (χ4n) is 3.66. The van der Waals surface area contributed by atoms with Crippen molar-refractivity contribution in [1.82, 2.24) is 4.31 Å². The van der Waals surface area contributed by atoms with Crippen LogP contribution in [0.2, 0.25) is 5.02 Å². The van der Waals surface area contributed by atoms with Crippen LogP contribution >= 0.6 is 11.6 Å². The van der Waals surface area contributed by atoms with Crippen molar-refractivity contribution in [3.63, 3.8) is 0 Å². The van der Waals surface area contributed by atoms with Crippen LogP contribution in [0.1, 0.15) is 19.3 Å². The summed E-state index contributed by atoms with van der Waals surface area (Å²) in [6.45, 7) is 0.560. The van der Waals surface area contributed by atoms with Crippen LogP contribution in [0.5, 0.6) is 5.75 Å². The third-order valence-corrected chi connectivity index (χ3v) is 7.45. The second-order valence-electron chi connectivity index (χ2n) is 7.62. The van der Waals surface area contributed by atoms with Crippen LogP contribution < -0.4 is 15.0 Å². The van der Waals surface area contributed by atoms with Crippen molar-refractivity contribution in [3.05, 3.63) is 51.5 Å². The molecule has 0 unspecified atom stereocenters. The van der Waals surface area contributed by atoms with Gasteiger partial charge in [0.25, 0.3) is 5.69 Å². The first-order valence-electron chi connectivity index (χ1n) is 10.3. The van der Waals surface area contributed by atoms with Crippen LogP contribution in [0, 0.1) is 10.1 Å². The summed E-state index contributed by atoms with van der Waals surface area (Å²) >= 11 is 5.98. The molecule has 178 valence electrons. The number of hydrogen-bond donors (Lipinski definition) is 1. The number of anilines is 2. The van der Waals surface area contributed by atoms with Gasteiger partial charge in [-0.05, 0) is 43.2 Å². The van der Waals surface area contributed by atoms with Crippen molar-refractivity contribution < 1.29 is 22.9 Å². The quantitative estimate of drug-likeness (QED) is 0.438. The number of sulfonamides is 1. The van der Waals surface area contributed by atoms with E-state index in [9.17, 15) is 23.3 Å². The molecule has 1 saturated heterocycles. The number of likely N-dealkylation sites (N-methyl/N-ethyl adjacent to an activating group) is 1. The standard InChI is InChI=1S/C21H25ClN4O6S/c1-24(14-21(27)23-17-12-15(22)6-9-20(17)32-2)18-8-7-16(13-19(18)26(28)29)33(30,31)25-10-4-3-5-11-25/h6-9,12-13H,3-5,10-11,14H2,1-2H3,(H,23,27). The number of nitro groups is 1. The summed E-state index contributed by atoms with van der Waals surface area (Å²) in [5, 5.41) is 14.8. The Kier molecular flexibility index (Phi) is 7.77. The highest BCUT2D eigenvalue weighted by atomic mass is 35.5. The number of nitrogens with one attached hydrogen (secondary N) is 1. The summed E-state index contributed by atoms with van der Waals surface area (Å²) in [5.74, 6) is -0.0500. The topological polar surface area (TPSA) is 122 Å². The second kappa shape index (κ2) is 10.4. The highest BCUT2D eigenvalue weighted by Gasteiger charge is 2.29. The van der Waals surface area contributed by atoms with Crippen molar-refractivity contribution in [1.29, 1.82) is 0 Å². The lowest BCUT2D eigenvalue weighted by Gasteiger charge is -2.26. The van der Waals surface area contributed by atoms with E-state index in [1.54, 1.807) is 12.1 Å². The largest absolute Gasteiger partial charge is 0.495 e. The molecular weight excluding hydrogens is 472 g/mol. The Hall–Kier alpha value is -2.89. The molecule has 10 nitrogen and oxygen atoms in total. The van der Waals surface area contributed by atoms with E-state index in [0.29, 0.717) is 29.5 Å². The van der Waals surface area contributed by atoms with E-state index in [0.717, 1.165) is 25.3 Å². The zero-order chi connectivity index (χ0) is 24.2. The zero-order valence-electron chi connectivity index (χ0n) is 18.3. The molecule has 3 rings (SSSR count). The Balaban J connectivity index is 1.81. The van der Waals surface area contributed by atoms with Gasteiger partial charge in [-0.2, -0.15) is 4.31 Å². The first kappa shape index (κ1) is 24.7. The van der Waals surface area contributed by atoms with Crippen LogP contribution in [0.3, 0.4) is 0 Å². The van der Waals surface area contributed by atoms with Gasteiger partial charge in [0.05, 0.1) is 29.2 Å². The lowest BCUT2D eigenvalue weighted by molar-refractivity contribution is -0.384. The minimum Gasteiger partial charge on any atom is -0.495 e. The minimum absolute atomic E-state index is 0.116. The van der Waals surface area contributed by atoms with Crippen LogP contribution in [0.4, 0.5) is 17.1 Å². The number of rotatable bonds is 8. The van der Waals surface area contributed by atoms with Crippen LogP contribution in [-0.4, -0.2) is 57.3 Å². The lowest BCUT2D eigenvalue weighted by atomic mass is 10.2. The van der Waals surface area contributed by atoms with E-state index in [4.69, 9.17) is 16.3 Å². The summed E-state index contributed by atoms with van der Waals surface area (Å²) in [4.78, 5) is 24.9. The lowest BCUT2D eigenvalue weighted by Crippen LogP contribution is -2.35. The fourth-order valence-corrected chi connectivity index (χ4v) is 5.36. The molecule has 12 heteroatoms. The fraction of sp³-hybridized carbons (Fsp3) is 0.381. The van der Waals surface area contributed by atoms with Crippen LogP contribution in [-0.2, 0) is 14.8 Å². The van der Waals surface area contributed by atoms with Gasteiger partial charge in [0.1, 0.15) is 11.4 Å². The molecular formula is C21H25ClN4O6S. The highest BCUT2D eigenvalue weighted by molar-refractivity contribution is 7.89. The molecule has 0 saturated carbocycles. The summed E-state index contributed by atoms with van der Waals surface area (Å²) in [7, 11) is -0.869. The van der Waals surface area contributed by atoms with Gasteiger partial charge in [-0.1, -0.05) is 18.0 Å². The molecule has 0 aromatic heterocycles. The van der Waals surface area contributed by atoms with Gasteiger partial charge >= 0.3 is 0 Å². The van der Waals surface area contributed by atoms with Gasteiger partial charge < -0.3 is 15.0 Å². The molecule has 1 N–H and O–H groups in total. The molecule has 0 atom stereocenters. The molecule has 0 aliphatic carbocycles. The van der Waals surface area contributed by atoms with Crippen molar-refractivity contribution >= 4 is 44.6 Å². The number of piperidine rings is 1. The molecule has 1 fully saturated rings. The number of benzene rings is 2. The maximum absolute atomic E-state index is 12.9. The molecule has 0 bridgehead atoms. The molecule has 2 aromatic carbocycles. The van der Waals surface area contributed by atoms with Crippen LogP contribution in [0.25, 0.3) is 0 Å². The summed E-state index contributed by atoms with van der Waals surface area (Å²) in [6, 6.07) is 8.48. The SMILES string of the molecule is COc1ccc(Cl)cc1NC(=O)CN(C)c1ccc(S(=O)(=O)N2CCCCC2)cc1[N+](=O)[O-]. The van der Waals surface area contributed by atoms with E-state index in [1.807, 2.05) is 0 Å². The number of nitro benzene ring substituents is 1. The number of halogens is 1. The third-order valence-electron chi connectivity index (χ3n) is 5.32. The molecule has 1 amide bonds. The Morgan fingerprint density at radius 3 is 2.55 bits per heavy atom. The van der Waals surface area contributed by atoms with E-state index >= 15 is 0 Å². The summed E-state index contributed by atoms with van der Waals surface area (Å²) in [5.41, 5.74) is 0.0791. The average Bonchev–Trinajstić information content (AvgIpc) is 2.79. The average molecular weight is 497 g/mol. The first-order valence-corrected chi connectivity index (χ1v) is 12.1. The number of hydrogen-bond acceptors (Lipinski definition) is 7. The van der Waals surface area contributed by atoms with Crippen molar-refractivity contribution in [2.24, 2.45) is 0 Å². The number of carbonyl (C=O) groups excluding carboxylic acids is 1. The van der Waals surface area contributed by atoms with Gasteiger partial charge in [-0.3, -0.25) is 14.9 Å². The normalized spacial score (nSPS) is 14.5. The maximum atomic E-state index is 12.9. The molecule has 2 aromatic rings. The van der Waals surface area contributed by atoms with Gasteiger partial charge in [0.15, 0.2) is 0 Å². The number of methoxy groups -OCH3 is 1. The predicted molar refractivity (Wildman–Crippen MR) is 126 cm³/mol. The Bertz CT molecular complexity index is 1150. The Morgan fingerprint density at radius 2 is 1.91 bits per heavy atom. The number of amides is 1. The monoisotopic (exact) mass is 496 g/mol. The first-order chi connectivity index (χ1) is 15.6. The van der Waals surface area contributed by atoms with E-state index < -0.39 is 26.5 Å². The van der Waals surface area contributed by atoms with E-state index in [1.165, 1.54) is 41.6 Å². The number of ether oxygens (including phenoxy) is 1. The molecule has 0 radical (unpaired) electrons. The molecule has 0 spiro atoms. The van der Waals surface area contributed by atoms with Crippen LogP contribution in [0.15, 0.2) is 41.3 Å². The van der Waals surface area contributed by atoms with Crippen molar-refractivity contribution in [2.45, 2.75) is 24.2 Å². The van der Waals surface area contributed by atoms with Gasteiger partial charge in [0, 0.05) is 31.2 Å². The number of carbonyl (C=O) groups is 1. The Labute approximate surface area is 197 Å². The second-order valence-corrected chi connectivity index (χ2v) is 10.00. The third kappa shape index (κ3) is 5.73. The predicted octanol–water partition coefficient (Wildman–Crippen LogP) is 3.51. The minimum atomic E-state index is -3.83. The van der Waals surface area contributed by atoms with Crippen molar-refractivity contribution in [2.75, 3.05) is 44.0 Å². The van der Waals surface area contributed by atoms with Gasteiger partial charge in [-0.25, -0.2) is 8.42 Å². The molecule has 1 heterocycles. The smallest absolute Gasteiger partial charge is 0.293 e. The molecule has 1 aliphatic heterocycles. The maximum Gasteiger partial charge on any atom is 0.293 e. The van der Waals surface area contributed by atoms with Crippen molar-refractivity contribution in [3.8, 4) is 5.75 Å². The number of nitrogens with zero attached hydrogens (tertiary/aromatic N) is 3. The molecule has 33 heavy (non-hydrogen) atoms. The van der Waals surface area contributed by atoms with E-state index in [-0.39, 0.29) is 17.1 Å². The molecule has 1 aliphatic rings. The van der Waals surface area contributed by atoms with E-state index in [2.05, 4.69) is 5.32 Å². The van der Waals surface area contributed by atoms with Gasteiger partial charge in [0.2, 0.25) is 15.9 Å². The summed E-state index contributed by atoms with van der Waals surface area (Å²) in [6.07, 6.45) is 2.47. The Morgan fingerprint density at radius 1 is 1.21 bits per heavy atom. The highest BCUT2D eigenvalue weighted by Crippen LogP contribution is 2.32.